The van der Waals surface area contributed by atoms with Crippen LogP contribution in [0.4, 0.5) is 0 Å². The van der Waals surface area contributed by atoms with Crippen LogP contribution in [0.3, 0.4) is 0 Å². The average Bonchev–Trinajstić information content (AvgIpc) is 2.75. The van der Waals surface area contributed by atoms with Crippen molar-refractivity contribution in [2.24, 2.45) is 0 Å². The zero-order valence-electron chi connectivity index (χ0n) is 12.8. The maximum atomic E-state index is 12.7. The summed E-state index contributed by atoms with van der Waals surface area (Å²) < 4.78 is 4.53. The Morgan fingerprint density at radius 2 is 1.77 bits per heavy atom. The summed E-state index contributed by atoms with van der Waals surface area (Å²) >= 11 is 0. The van der Waals surface area contributed by atoms with E-state index in [4.69, 9.17) is 0 Å². The Balaban J connectivity index is 2.28. The van der Waals surface area contributed by atoms with E-state index in [1.807, 2.05) is 18.0 Å². The number of carbonyl (C=O) groups is 3. The number of amides is 1. The fourth-order valence-electron chi connectivity index (χ4n) is 2.54. The Labute approximate surface area is 129 Å². The molecule has 0 radical (unpaired) electrons. The highest BCUT2D eigenvalue weighted by atomic mass is 16.5. The average molecular weight is 304 g/mol. The van der Waals surface area contributed by atoms with E-state index in [9.17, 15) is 14.4 Å². The third-order valence-electron chi connectivity index (χ3n) is 3.85. The van der Waals surface area contributed by atoms with Gasteiger partial charge in [-0.15, -0.1) is 0 Å². The molecule has 1 amide bonds. The standard InChI is InChI=1S/C16H20N2O4/c1-17-9-8-13(14(19)16(21)22-2)18(11-10-17)15(20)12-6-4-3-5-7-12/h3-7,13H,8-11H2,1-2H3. The first-order valence-electron chi connectivity index (χ1n) is 7.21. The van der Waals surface area contributed by atoms with Crippen LogP contribution in [0.1, 0.15) is 16.8 Å². The molecule has 1 aliphatic rings. The van der Waals surface area contributed by atoms with Gasteiger partial charge in [0.1, 0.15) is 6.04 Å². The Kier molecular flexibility index (Phi) is 5.27. The molecule has 1 aromatic rings. The van der Waals surface area contributed by atoms with Gasteiger partial charge in [0, 0.05) is 25.2 Å². The van der Waals surface area contributed by atoms with Gasteiger partial charge in [0.05, 0.1) is 7.11 Å². The van der Waals surface area contributed by atoms with Gasteiger partial charge in [0.15, 0.2) is 0 Å². The van der Waals surface area contributed by atoms with E-state index in [0.717, 1.165) is 0 Å². The molecular weight excluding hydrogens is 284 g/mol. The van der Waals surface area contributed by atoms with Gasteiger partial charge in [-0.25, -0.2) is 4.79 Å². The van der Waals surface area contributed by atoms with Crippen LogP contribution in [0.5, 0.6) is 0 Å². The quantitative estimate of drug-likeness (QED) is 0.603. The van der Waals surface area contributed by atoms with Crippen LogP contribution < -0.4 is 0 Å². The number of ketones is 1. The highest BCUT2D eigenvalue weighted by molar-refractivity contribution is 6.36. The number of rotatable bonds is 3. The summed E-state index contributed by atoms with van der Waals surface area (Å²) in [6.45, 7) is 1.70. The van der Waals surface area contributed by atoms with E-state index in [2.05, 4.69) is 4.74 Å². The molecule has 0 aromatic heterocycles. The first-order valence-corrected chi connectivity index (χ1v) is 7.21. The fourth-order valence-corrected chi connectivity index (χ4v) is 2.54. The molecule has 1 aliphatic heterocycles. The van der Waals surface area contributed by atoms with E-state index in [1.165, 1.54) is 12.0 Å². The first-order chi connectivity index (χ1) is 10.5. The Morgan fingerprint density at radius 3 is 2.41 bits per heavy atom. The van der Waals surface area contributed by atoms with Crippen LogP contribution in [0, 0.1) is 0 Å². The van der Waals surface area contributed by atoms with Gasteiger partial charge < -0.3 is 14.5 Å². The number of benzene rings is 1. The molecule has 118 valence electrons. The Hall–Kier alpha value is -2.21. The van der Waals surface area contributed by atoms with Crippen LogP contribution in [0.25, 0.3) is 0 Å². The summed E-state index contributed by atoms with van der Waals surface area (Å²) in [6, 6.07) is 8.00. The van der Waals surface area contributed by atoms with Crippen molar-refractivity contribution in [3.63, 3.8) is 0 Å². The third kappa shape index (κ3) is 3.51. The molecule has 1 fully saturated rings. The first kappa shape index (κ1) is 16.2. The zero-order valence-corrected chi connectivity index (χ0v) is 12.8. The van der Waals surface area contributed by atoms with E-state index in [-0.39, 0.29) is 5.91 Å². The number of Topliss-reactive ketones (excluding diaryl/α,β-unsaturated/α-hetero) is 1. The SMILES string of the molecule is COC(=O)C(=O)C1CCN(C)CCN1C(=O)c1ccccc1. The van der Waals surface area contributed by atoms with Crippen molar-refractivity contribution in [3.05, 3.63) is 35.9 Å². The number of hydrogen-bond acceptors (Lipinski definition) is 5. The zero-order chi connectivity index (χ0) is 16.1. The van der Waals surface area contributed by atoms with Gasteiger partial charge in [-0.3, -0.25) is 9.59 Å². The highest BCUT2D eigenvalue weighted by Crippen LogP contribution is 2.16. The molecule has 0 bridgehead atoms. The lowest BCUT2D eigenvalue weighted by atomic mass is 10.1. The number of likely N-dealkylation sites (N-methyl/N-ethyl adjacent to an activating group) is 1. The molecule has 0 saturated carbocycles. The van der Waals surface area contributed by atoms with E-state index in [0.29, 0.717) is 31.6 Å². The second-order valence-corrected chi connectivity index (χ2v) is 5.33. The van der Waals surface area contributed by atoms with E-state index in [1.54, 1.807) is 24.3 Å². The molecule has 1 atom stereocenters. The van der Waals surface area contributed by atoms with Gasteiger partial charge in [-0.05, 0) is 25.6 Å². The van der Waals surface area contributed by atoms with E-state index < -0.39 is 17.8 Å². The van der Waals surface area contributed by atoms with Crippen molar-refractivity contribution in [2.75, 3.05) is 33.8 Å². The van der Waals surface area contributed by atoms with Gasteiger partial charge >= 0.3 is 5.97 Å². The topological polar surface area (TPSA) is 66.9 Å². The molecule has 1 saturated heterocycles. The van der Waals surface area contributed by atoms with Crippen molar-refractivity contribution in [1.82, 2.24) is 9.80 Å². The van der Waals surface area contributed by atoms with E-state index >= 15 is 0 Å². The molecule has 6 heteroatoms. The highest BCUT2D eigenvalue weighted by Gasteiger charge is 2.36. The number of ether oxygens (including phenoxy) is 1. The van der Waals surface area contributed by atoms with Crippen LogP contribution >= 0.6 is 0 Å². The summed E-state index contributed by atoms with van der Waals surface area (Å²) in [6.07, 6.45) is 0.420. The summed E-state index contributed by atoms with van der Waals surface area (Å²) in [5, 5.41) is 0. The number of methoxy groups -OCH3 is 1. The van der Waals surface area contributed by atoms with Gasteiger partial charge in [-0.2, -0.15) is 0 Å². The Bertz CT molecular complexity index is 559. The molecular formula is C16H20N2O4. The minimum absolute atomic E-state index is 0.238. The maximum Gasteiger partial charge on any atom is 0.376 e. The number of carbonyl (C=O) groups excluding carboxylic acids is 3. The molecule has 0 spiro atoms. The molecule has 1 unspecified atom stereocenters. The molecule has 1 aromatic carbocycles. The minimum atomic E-state index is -0.902. The largest absolute Gasteiger partial charge is 0.463 e. The van der Waals surface area contributed by atoms with Crippen LogP contribution in [0.2, 0.25) is 0 Å². The fraction of sp³-hybridized carbons (Fsp3) is 0.438. The number of nitrogens with zero attached hydrogens (tertiary/aromatic N) is 2. The van der Waals surface area contributed by atoms with Crippen LogP contribution in [-0.2, 0) is 14.3 Å². The van der Waals surface area contributed by atoms with Crippen LogP contribution in [-0.4, -0.2) is 67.3 Å². The molecule has 2 rings (SSSR count). The smallest absolute Gasteiger partial charge is 0.376 e. The third-order valence-corrected chi connectivity index (χ3v) is 3.85. The van der Waals surface area contributed by atoms with Gasteiger partial charge in [-0.1, -0.05) is 18.2 Å². The number of hydrogen-bond donors (Lipinski definition) is 0. The van der Waals surface area contributed by atoms with Gasteiger partial charge in [0.2, 0.25) is 0 Å². The van der Waals surface area contributed by atoms with Crippen molar-refractivity contribution in [2.45, 2.75) is 12.5 Å². The lowest BCUT2D eigenvalue weighted by molar-refractivity contribution is -0.153. The summed E-state index contributed by atoms with van der Waals surface area (Å²) in [4.78, 5) is 40.0. The molecule has 1 heterocycles. The molecule has 6 nitrogen and oxygen atoms in total. The second kappa shape index (κ2) is 7.17. The van der Waals surface area contributed by atoms with Crippen molar-refractivity contribution < 1.29 is 19.1 Å². The molecule has 22 heavy (non-hydrogen) atoms. The van der Waals surface area contributed by atoms with Crippen molar-refractivity contribution >= 4 is 17.7 Å². The lowest BCUT2D eigenvalue weighted by Crippen LogP contribution is -2.48. The lowest BCUT2D eigenvalue weighted by Gasteiger charge is -2.27. The summed E-state index contributed by atoms with van der Waals surface area (Å²) in [5.74, 6) is -1.80. The molecule has 0 aliphatic carbocycles. The summed E-state index contributed by atoms with van der Waals surface area (Å²) in [5.41, 5.74) is 0.509. The van der Waals surface area contributed by atoms with Gasteiger partial charge in [0.25, 0.3) is 11.7 Å². The second-order valence-electron chi connectivity index (χ2n) is 5.33. The maximum absolute atomic E-state index is 12.7. The Morgan fingerprint density at radius 1 is 1.09 bits per heavy atom. The van der Waals surface area contributed by atoms with Crippen LogP contribution in [0.15, 0.2) is 30.3 Å². The van der Waals surface area contributed by atoms with Crippen molar-refractivity contribution in [1.29, 1.82) is 0 Å². The summed E-state index contributed by atoms with van der Waals surface area (Å²) in [7, 11) is 3.10. The minimum Gasteiger partial charge on any atom is -0.463 e. The molecule has 0 N–H and O–H groups in total. The predicted octanol–water partition coefficient (Wildman–Crippen LogP) is 0.575. The monoisotopic (exact) mass is 304 g/mol. The van der Waals surface area contributed by atoms with Crippen molar-refractivity contribution in [3.8, 4) is 0 Å². The normalized spacial score (nSPS) is 19.4. The number of esters is 1. The predicted molar refractivity (Wildman–Crippen MR) is 80.4 cm³/mol.